The van der Waals surface area contributed by atoms with E-state index in [9.17, 15) is 4.79 Å². The average molecular weight is 266 g/mol. The average Bonchev–Trinajstić information content (AvgIpc) is 2.83. The minimum absolute atomic E-state index is 0.397. The fourth-order valence-electron chi connectivity index (χ4n) is 2.33. The molecule has 3 aromatic rings. The fraction of sp³-hybridized carbons (Fsp3) is 0.125. The number of carbonyl (C=O) groups is 1. The lowest BCUT2D eigenvalue weighted by Gasteiger charge is -2.07. The molecule has 0 spiro atoms. The summed E-state index contributed by atoms with van der Waals surface area (Å²) in [5.74, 6) is 0.397. The summed E-state index contributed by atoms with van der Waals surface area (Å²) < 4.78 is 5.53. The Bertz CT molecular complexity index is 748. The summed E-state index contributed by atoms with van der Waals surface area (Å²) >= 11 is 0. The van der Waals surface area contributed by atoms with Crippen LogP contribution in [-0.2, 0) is 6.54 Å². The number of nitrogens with one attached hydrogen (secondary N) is 1. The maximum atomic E-state index is 11.0. The fourth-order valence-corrected chi connectivity index (χ4v) is 2.33. The summed E-state index contributed by atoms with van der Waals surface area (Å²) in [5, 5.41) is 4.32. The van der Waals surface area contributed by atoms with Crippen molar-refractivity contribution < 1.29 is 9.21 Å². The highest BCUT2D eigenvalue weighted by Crippen LogP contribution is 2.28. The van der Waals surface area contributed by atoms with Gasteiger partial charge in [-0.15, -0.1) is 0 Å². The standard InChI is InChI=1S/C16H14N2O2/c1-11-15(10-19)20-14-6-2-4-12(16(11)14)8-18-13-5-3-7-17-9-13/h2-7,9-10,18H,8H2,1H3. The normalized spacial score (nSPS) is 10.7. The SMILES string of the molecule is Cc1c(C=O)oc2cccc(CNc3cccnc3)c12. The van der Waals surface area contributed by atoms with Crippen LogP contribution < -0.4 is 5.32 Å². The number of fused-ring (bicyclic) bond motifs is 1. The Morgan fingerprint density at radius 3 is 2.95 bits per heavy atom. The van der Waals surface area contributed by atoms with Crippen LogP contribution in [0, 0.1) is 6.92 Å². The number of hydrogen-bond acceptors (Lipinski definition) is 4. The first-order valence-corrected chi connectivity index (χ1v) is 6.39. The van der Waals surface area contributed by atoms with Gasteiger partial charge in [0.2, 0.25) is 0 Å². The van der Waals surface area contributed by atoms with Gasteiger partial charge in [0.05, 0.1) is 5.69 Å². The molecule has 1 aromatic carbocycles. The molecule has 0 atom stereocenters. The van der Waals surface area contributed by atoms with Crippen LogP contribution in [0.2, 0.25) is 0 Å². The topological polar surface area (TPSA) is 55.1 Å². The van der Waals surface area contributed by atoms with E-state index in [0.29, 0.717) is 12.3 Å². The predicted molar refractivity (Wildman–Crippen MR) is 77.9 cm³/mol. The molecule has 2 heterocycles. The van der Waals surface area contributed by atoms with Gasteiger partial charge < -0.3 is 9.73 Å². The zero-order chi connectivity index (χ0) is 13.9. The van der Waals surface area contributed by atoms with E-state index in [1.807, 2.05) is 37.3 Å². The molecule has 0 radical (unpaired) electrons. The Morgan fingerprint density at radius 2 is 2.20 bits per heavy atom. The van der Waals surface area contributed by atoms with Gasteiger partial charge >= 0.3 is 0 Å². The van der Waals surface area contributed by atoms with Crippen molar-refractivity contribution in [3.05, 3.63) is 59.6 Å². The second-order valence-electron chi connectivity index (χ2n) is 4.59. The molecule has 0 aliphatic carbocycles. The summed E-state index contributed by atoms with van der Waals surface area (Å²) in [4.78, 5) is 15.0. The smallest absolute Gasteiger partial charge is 0.185 e. The molecule has 1 N–H and O–H groups in total. The number of aldehydes is 1. The summed E-state index contributed by atoms with van der Waals surface area (Å²) in [6.07, 6.45) is 4.27. The third kappa shape index (κ3) is 2.16. The number of pyridine rings is 1. The Morgan fingerprint density at radius 1 is 1.30 bits per heavy atom. The van der Waals surface area contributed by atoms with Gasteiger partial charge in [-0.25, -0.2) is 0 Å². The summed E-state index contributed by atoms with van der Waals surface area (Å²) in [7, 11) is 0. The molecule has 0 fully saturated rings. The second kappa shape index (κ2) is 5.17. The minimum atomic E-state index is 0.397. The van der Waals surface area contributed by atoms with Crippen molar-refractivity contribution in [2.24, 2.45) is 0 Å². The maximum absolute atomic E-state index is 11.0. The minimum Gasteiger partial charge on any atom is -0.453 e. The lowest BCUT2D eigenvalue weighted by molar-refractivity contribution is 0.110. The van der Waals surface area contributed by atoms with Crippen molar-refractivity contribution in [3.8, 4) is 0 Å². The van der Waals surface area contributed by atoms with Gasteiger partial charge in [-0.1, -0.05) is 12.1 Å². The molecule has 0 aliphatic heterocycles. The molecule has 100 valence electrons. The summed E-state index contributed by atoms with van der Waals surface area (Å²) in [5.41, 5.74) is 3.69. The van der Waals surface area contributed by atoms with Gasteiger partial charge in [-0.2, -0.15) is 0 Å². The van der Waals surface area contributed by atoms with Gasteiger partial charge in [0.1, 0.15) is 5.58 Å². The van der Waals surface area contributed by atoms with Crippen LogP contribution in [0.4, 0.5) is 5.69 Å². The van der Waals surface area contributed by atoms with E-state index in [1.165, 1.54) is 0 Å². The first-order valence-electron chi connectivity index (χ1n) is 6.39. The van der Waals surface area contributed by atoms with E-state index in [2.05, 4.69) is 10.3 Å². The predicted octanol–water partition coefficient (Wildman–Crippen LogP) is 3.56. The Kier molecular flexibility index (Phi) is 3.21. The van der Waals surface area contributed by atoms with Crippen molar-refractivity contribution in [1.29, 1.82) is 0 Å². The van der Waals surface area contributed by atoms with E-state index >= 15 is 0 Å². The van der Waals surface area contributed by atoms with Gasteiger partial charge in [-0.05, 0) is 30.7 Å². The number of aryl methyl sites for hydroxylation is 1. The molecule has 4 nitrogen and oxygen atoms in total. The van der Waals surface area contributed by atoms with Crippen molar-refractivity contribution in [1.82, 2.24) is 4.98 Å². The first kappa shape index (κ1) is 12.4. The molecule has 0 unspecified atom stereocenters. The van der Waals surface area contributed by atoms with Crippen molar-refractivity contribution in [2.75, 3.05) is 5.32 Å². The molecule has 0 aliphatic rings. The molecule has 0 saturated carbocycles. The Labute approximate surface area is 116 Å². The van der Waals surface area contributed by atoms with Crippen LogP contribution in [0.1, 0.15) is 21.7 Å². The Balaban J connectivity index is 1.95. The zero-order valence-electron chi connectivity index (χ0n) is 11.1. The molecule has 20 heavy (non-hydrogen) atoms. The van der Waals surface area contributed by atoms with Crippen LogP contribution >= 0.6 is 0 Å². The van der Waals surface area contributed by atoms with Crippen LogP contribution in [0.3, 0.4) is 0 Å². The van der Waals surface area contributed by atoms with Crippen LogP contribution in [-0.4, -0.2) is 11.3 Å². The van der Waals surface area contributed by atoms with E-state index < -0.39 is 0 Å². The van der Waals surface area contributed by atoms with Gasteiger partial charge in [0.15, 0.2) is 12.0 Å². The maximum Gasteiger partial charge on any atom is 0.185 e. The molecule has 3 rings (SSSR count). The van der Waals surface area contributed by atoms with E-state index in [1.54, 1.807) is 12.4 Å². The number of aromatic nitrogens is 1. The number of nitrogens with zero attached hydrogens (tertiary/aromatic N) is 1. The molecule has 0 bridgehead atoms. The lowest BCUT2D eigenvalue weighted by Crippen LogP contribution is -2.00. The molecular weight excluding hydrogens is 252 g/mol. The van der Waals surface area contributed by atoms with Gasteiger partial charge in [0, 0.05) is 29.9 Å². The summed E-state index contributed by atoms with van der Waals surface area (Å²) in [6, 6.07) is 9.69. The number of benzene rings is 1. The summed E-state index contributed by atoms with van der Waals surface area (Å²) in [6.45, 7) is 2.56. The molecule has 0 saturated heterocycles. The Hall–Kier alpha value is -2.62. The third-order valence-electron chi connectivity index (χ3n) is 3.33. The molecular formula is C16H14N2O2. The zero-order valence-corrected chi connectivity index (χ0v) is 11.1. The number of furan rings is 1. The second-order valence-corrected chi connectivity index (χ2v) is 4.59. The quantitative estimate of drug-likeness (QED) is 0.733. The molecule has 4 heteroatoms. The van der Waals surface area contributed by atoms with Crippen LogP contribution in [0.15, 0.2) is 47.1 Å². The van der Waals surface area contributed by atoms with Crippen molar-refractivity contribution >= 4 is 22.9 Å². The van der Waals surface area contributed by atoms with Crippen LogP contribution in [0.25, 0.3) is 11.0 Å². The molecule has 2 aromatic heterocycles. The monoisotopic (exact) mass is 266 g/mol. The van der Waals surface area contributed by atoms with Gasteiger partial charge in [0.25, 0.3) is 0 Å². The highest BCUT2D eigenvalue weighted by atomic mass is 16.3. The van der Waals surface area contributed by atoms with E-state index in [0.717, 1.165) is 34.1 Å². The third-order valence-corrected chi connectivity index (χ3v) is 3.33. The van der Waals surface area contributed by atoms with E-state index in [-0.39, 0.29) is 0 Å². The number of rotatable bonds is 4. The number of anilines is 1. The van der Waals surface area contributed by atoms with Crippen molar-refractivity contribution in [3.63, 3.8) is 0 Å². The van der Waals surface area contributed by atoms with E-state index in [4.69, 9.17) is 4.42 Å². The van der Waals surface area contributed by atoms with Crippen molar-refractivity contribution in [2.45, 2.75) is 13.5 Å². The molecule has 0 amide bonds. The largest absolute Gasteiger partial charge is 0.453 e. The lowest BCUT2D eigenvalue weighted by atomic mass is 10.1. The first-order chi connectivity index (χ1) is 9.79. The highest BCUT2D eigenvalue weighted by molar-refractivity contribution is 5.91. The number of carbonyl (C=O) groups excluding carboxylic acids is 1. The van der Waals surface area contributed by atoms with Crippen LogP contribution in [0.5, 0.6) is 0 Å². The highest BCUT2D eigenvalue weighted by Gasteiger charge is 2.12. The van der Waals surface area contributed by atoms with Gasteiger partial charge in [-0.3, -0.25) is 9.78 Å². The number of hydrogen-bond donors (Lipinski definition) is 1.